The standard InChI is InChI=1S/C12H16F2N2O/c1-7-11(6-15-2)17-10-5-8(13)4-9(14)12(10)16(7)3/h4-5,7,11,15H,6H2,1-3H3. The Balaban J connectivity index is 2.41. The monoisotopic (exact) mass is 242 g/mol. The van der Waals surface area contributed by atoms with Crippen molar-refractivity contribution >= 4 is 5.69 Å². The first-order chi connectivity index (χ1) is 8.04. The number of benzene rings is 1. The largest absolute Gasteiger partial charge is 0.485 e. The van der Waals surface area contributed by atoms with Crippen LogP contribution in [0.3, 0.4) is 0 Å². The van der Waals surface area contributed by atoms with Crippen LogP contribution in [0.5, 0.6) is 5.75 Å². The fraction of sp³-hybridized carbons (Fsp3) is 0.500. The highest BCUT2D eigenvalue weighted by Crippen LogP contribution is 2.37. The molecule has 1 aromatic carbocycles. The fourth-order valence-corrected chi connectivity index (χ4v) is 2.10. The first kappa shape index (κ1) is 12.1. The Morgan fingerprint density at radius 3 is 2.76 bits per heavy atom. The number of likely N-dealkylation sites (N-methyl/N-ethyl adjacent to an activating group) is 2. The van der Waals surface area contributed by atoms with Gasteiger partial charge in [-0.25, -0.2) is 8.78 Å². The molecule has 2 unspecified atom stereocenters. The smallest absolute Gasteiger partial charge is 0.153 e. The minimum atomic E-state index is -0.618. The average Bonchev–Trinajstić information content (AvgIpc) is 2.24. The minimum Gasteiger partial charge on any atom is -0.485 e. The number of nitrogens with one attached hydrogen (secondary N) is 1. The van der Waals surface area contributed by atoms with E-state index in [-0.39, 0.29) is 17.9 Å². The van der Waals surface area contributed by atoms with E-state index < -0.39 is 11.6 Å². The van der Waals surface area contributed by atoms with E-state index >= 15 is 0 Å². The van der Waals surface area contributed by atoms with E-state index in [0.29, 0.717) is 12.2 Å². The van der Waals surface area contributed by atoms with Gasteiger partial charge in [0, 0.05) is 25.7 Å². The number of fused-ring (bicyclic) bond motifs is 1. The van der Waals surface area contributed by atoms with Gasteiger partial charge in [-0.15, -0.1) is 0 Å². The Morgan fingerprint density at radius 2 is 2.12 bits per heavy atom. The number of rotatable bonds is 2. The van der Waals surface area contributed by atoms with Gasteiger partial charge in [-0.1, -0.05) is 0 Å². The third-order valence-electron chi connectivity index (χ3n) is 3.18. The van der Waals surface area contributed by atoms with Crippen molar-refractivity contribution in [3.8, 4) is 5.75 Å². The second-order valence-corrected chi connectivity index (χ2v) is 4.30. The lowest BCUT2D eigenvalue weighted by Gasteiger charge is -2.39. The van der Waals surface area contributed by atoms with Crippen LogP contribution in [0.4, 0.5) is 14.5 Å². The van der Waals surface area contributed by atoms with Crippen LogP contribution in [0.15, 0.2) is 12.1 Å². The third-order valence-corrected chi connectivity index (χ3v) is 3.18. The maximum absolute atomic E-state index is 13.7. The van der Waals surface area contributed by atoms with Crippen LogP contribution in [0.25, 0.3) is 0 Å². The zero-order chi connectivity index (χ0) is 12.6. The molecule has 1 aliphatic heterocycles. The fourth-order valence-electron chi connectivity index (χ4n) is 2.10. The molecule has 0 amide bonds. The Bertz CT molecular complexity index is 425. The molecule has 0 saturated carbocycles. The van der Waals surface area contributed by atoms with E-state index in [9.17, 15) is 8.78 Å². The minimum absolute atomic E-state index is 0.0231. The van der Waals surface area contributed by atoms with Crippen molar-refractivity contribution in [2.45, 2.75) is 19.1 Å². The number of anilines is 1. The zero-order valence-electron chi connectivity index (χ0n) is 10.1. The van der Waals surface area contributed by atoms with Crippen molar-refractivity contribution in [2.75, 3.05) is 25.5 Å². The molecule has 1 aliphatic rings. The highest BCUT2D eigenvalue weighted by molar-refractivity contribution is 5.61. The summed E-state index contributed by atoms with van der Waals surface area (Å²) in [5.74, 6) is -0.937. The first-order valence-corrected chi connectivity index (χ1v) is 5.57. The second-order valence-electron chi connectivity index (χ2n) is 4.30. The van der Waals surface area contributed by atoms with Crippen LogP contribution < -0.4 is 15.0 Å². The molecular formula is C12H16F2N2O. The Kier molecular flexibility index (Phi) is 3.19. The van der Waals surface area contributed by atoms with Crippen LogP contribution in [0.2, 0.25) is 0 Å². The van der Waals surface area contributed by atoms with Gasteiger partial charge in [0.1, 0.15) is 23.4 Å². The maximum Gasteiger partial charge on any atom is 0.153 e. The number of hydrogen-bond acceptors (Lipinski definition) is 3. The average molecular weight is 242 g/mol. The van der Waals surface area contributed by atoms with Gasteiger partial charge in [0.2, 0.25) is 0 Å². The quantitative estimate of drug-likeness (QED) is 0.855. The summed E-state index contributed by atoms with van der Waals surface area (Å²) < 4.78 is 32.5. The zero-order valence-corrected chi connectivity index (χ0v) is 10.1. The molecule has 3 nitrogen and oxygen atoms in total. The lowest BCUT2D eigenvalue weighted by molar-refractivity contribution is 0.158. The molecule has 1 heterocycles. The van der Waals surface area contributed by atoms with E-state index in [4.69, 9.17) is 4.74 Å². The Morgan fingerprint density at radius 1 is 1.41 bits per heavy atom. The predicted octanol–water partition coefficient (Wildman–Crippen LogP) is 1.77. The molecule has 1 aromatic rings. The van der Waals surface area contributed by atoms with Gasteiger partial charge < -0.3 is 15.0 Å². The predicted molar refractivity (Wildman–Crippen MR) is 62.6 cm³/mol. The van der Waals surface area contributed by atoms with Gasteiger partial charge >= 0.3 is 0 Å². The summed E-state index contributed by atoms with van der Waals surface area (Å²) in [6, 6.07) is 2.13. The summed E-state index contributed by atoms with van der Waals surface area (Å²) in [4.78, 5) is 1.79. The lowest BCUT2D eigenvalue weighted by Crippen LogP contribution is -2.50. The molecule has 94 valence electrons. The second kappa shape index (κ2) is 4.49. The van der Waals surface area contributed by atoms with E-state index in [1.54, 1.807) is 11.9 Å². The Hall–Kier alpha value is -1.36. The highest BCUT2D eigenvalue weighted by atomic mass is 19.1. The molecule has 0 bridgehead atoms. The lowest BCUT2D eigenvalue weighted by atomic mass is 10.1. The number of hydrogen-bond donors (Lipinski definition) is 1. The molecule has 0 spiro atoms. The normalized spacial score (nSPS) is 23.2. The number of nitrogens with zero attached hydrogens (tertiary/aromatic N) is 1. The van der Waals surface area contributed by atoms with Crippen LogP contribution in [-0.2, 0) is 0 Å². The molecule has 17 heavy (non-hydrogen) atoms. The third kappa shape index (κ3) is 2.07. The molecule has 5 heteroatoms. The molecule has 0 fully saturated rings. The topological polar surface area (TPSA) is 24.5 Å². The van der Waals surface area contributed by atoms with Gasteiger partial charge in [-0.3, -0.25) is 0 Å². The highest BCUT2D eigenvalue weighted by Gasteiger charge is 2.32. The molecule has 2 rings (SSSR count). The number of halogens is 2. The van der Waals surface area contributed by atoms with Gasteiger partial charge in [-0.05, 0) is 14.0 Å². The molecular weight excluding hydrogens is 226 g/mol. The van der Waals surface area contributed by atoms with Crippen molar-refractivity contribution in [1.29, 1.82) is 0 Å². The van der Waals surface area contributed by atoms with E-state index in [0.717, 1.165) is 6.07 Å². The van der Waals surface area contributed by atoms with Gasteiger partial charge in [0.15, 0.2) is 5.82 Å². The maximum atomic E-state index is 13.7. The van der Waals surface area contributed by atoms with Crippen molar-refractivity contribution in [1.82, 2.24) is 5.32 Å². The van der Waals surface area contributed by atoms with Crippen molar-refractivity contribution in [3.63, 3.8) is 0 Å². The summed E-state index contributed by atoms with van der Waals surface area (Å²) in [6.07, 6.45) is -0.126. The molecule has 2 atom stereocenters. The van der Waals surface area contributed by atoms with Crippen LogP contribution >= 0.6 is 0 Å². The Labute approximate surface area is 99.4 Å². The van der Waals surface area contributed by atoms with E-state index in [2.05, 4.69) is 5.32 Å². The van der Waals surface area contributed by atoms with Crippen molar-refractivity contribution in [3.05, 3.63) is 23.8 Å². The molecule has 0 aliphatic carbocycles. The molecule has 0 aromatic heterocycles. The van der Waals surface area contributed by atoms with Gasteiger partial charge in [0.05, 0.1) is 6.04 Å². The molecule has 0 radical (unpaired) electrons. The summed E-state index contributed by atoms with van der Waals surface area (Å²) >= 11 is 0. The summed E-state index contributed by atoms with van der Waals surface area (Å²) in [6.45, 7) is 2.58. The van der Waals surface area contributed by atoms with E-state index in [1.807, 2.05) is 14.0 Å². The summed E-state index contributed by atoms with van der Waals surface area (Å²) in [5, 5.41) is 3.01. The number of ether oxygens (including phenoxy) is 1. The van der Waals surface area contributed by atoms with E-state index in [1.165, 1.54) is 6.07 Å². The molecule has 1 N–H and O–H groups in total. The van der Waals surface area contributed by atoms with Crippen LogP contribution in [-0.4, -0.2) is 32.8 Å². The van der Waals surface area contributed by atoms with Crippen molar-refractivity contribution in [2.24, 2.45) is 0 Å². The molecule has 0 saturated heterocycles. The summed E-state index contributed by atoms with van der Waals surface area (Å²) in [5.41, 5.74) is 0.325. The van der Waals surface area contributed by atoms with Gasteiger partial charge in [0.25, 0.3) is 0 Å². The van der Waals surface area contributed by atoms with Crippen LogP contribution in [0.1, 0.15) is 6.92 Å². The first-order valence-electron chi connectivity index (χ1n) is 5.57. The van der Waals surface area contributed by atoms with Gasteiger partial charge in [-0.2, -0.15) is 0 Å². The van der Waals surface area contributed by atoms with Crippen LogP contribution in [0, 0.1) is 11.6 Å². The van der Waals surface area contributed by atoms with Crippen molar-refractivity contribution < 1.29 is 13.5 Å². The summed E-state index contributed by atoms with van der Waals surface area (Å²) in [7, 11) is 3.60. The SMILES string of the molecule is CNCC1Oc2cc(F)cc(F)c2N(C)C1C.